The molecule has 1 aromatic carbocycles. The van der Waals surface area contributed by atoms with Gasteiger partial charge < -0.3 is 9.30 Å². The van der Waals surface area contributed by atoms with Crippen molar-refractivity contribution in [2.75, 3.05) is 7.11 Å². The lowest BCUT2D eigenvalue weighted by Crippen LogP contribution is -2.06. The van der Waals surface area contributed by atoms with Crippen LogP contribution in [0.15, 0.2) is 12.1 Å². The van der Waals surface area contributed by atoms with E-state index in [1.807, 2.05) is 6.92 Å². The summed E-state index contributed by atoms with van der Waals surface area (Å²) in [4.78, 5) is 4.46. The van der Waals surface area contributed by atoms with Crippen molar-refractivity contribution in [1.29, 1.82) is 0 Å². The molecule has 0 saturated heterocycles. The van der Waals surface area contributed by atoms with Crippen LogP contribution in [0.3, 0.4) is 0 Å². The number of hydrogen-bond donors (Lipinski definition) is 0. The zero-order valence-corrected chi connectivity index (χ0v) is 13.0. The van der Waals surface area contributed by atoms with Gasteiger partial charge in [-0.1, -0.05) is 13.8 Å². The molecule has 0 spiro atoms. The predicted octanol–water partition coefficient (Wildman–Crippen LogP) is 4.53. The van der Waals surface area contributed by atoms with Crippen molar-refractivity contribution >= 4 is 22.6 Å². The van der Waals surface area contributed by atoms with E-state index in [1.54, 1.807) is 6.07 Å². The number of benzene rings is 1. The van der Waals surface area contributed by atoms with Crippen LogP contribution in [0.2, 0.25) is 0 Å². The Balaban J connectivity index is 2.57. The van der Waals surface area contributed by atoms with Crippen LogP contribution in [0.5, 0.6) is 5.75 Å². The van der Waals surface area contributed by atoms with Crippen LogP contribution in [0, 0.1) is 11.7 Å². The number of halogens is 2. The standard InChI is InChI=1S/C15H20ClFN2O/c1-9(2)5-6-19-13-8-14(20-4)11(17)7-12(13)18-15(19)10(3)16/h7-10H,5-6H2,1-4H3. The molecule has 0 bridgehead atoms. The van der Waals surface area contributed by atoms with Crippen molar-refractivity contribution in [3.8, 4) is 5.75 Å². The van der Waals surface area contributed by atoms with Crippen molar-refractivity contribution in [1.82, 2.24) is 9.55 Å². The van der Waals surface area contributed by atoms with Crippen molar-refractivity contribution in [3.63, 3.8) is 0 Å². The number of hydrogen-bond acceptors (Lipinski definition) is 2. The van der Waals surface area contributed by atoms with Crippen LogP contribution >= 0.6 is 11.6 Å². The van der Waals surface area contributed by atoms with E-state index in [-0.39, 0.29) is 11.1 Å². The number of rotatable bonds is 5. The van der Waals surface area contributed by atoms with Crippen LogP contribution in [0.25, 0.3) is 11.0 Å². The van der Waals surface area contributed by atoms with E-state index in [2.05, 4.69) is 23.4 Å². The lowest BCUT2D eigenvalue weighted by atomic mass is 10.1. The molecular weight excluding hydrogens is 279 g/mol. The van der Waals surface area contributed by atoms with Gasteiger partial charge in [0.2, 0.25) is 0 Å². The number of alkyl halides is 1. The van der Waals surface area contributed by atoms with Crippen LogP contribution < -0.4 is 4.74 Å². The summed E-state index contributed by atoms with van der Waals surface area (Å²) in [6.07, 6.45) is 1.02. The van der Waals surface area contributed by atoms with E-state index >= 15 is 0 Å². The van der Waals surface area contributed by atoms with E-state index in [0.717, 1.165) is 24.3 Å². The van der Waals surface area contributed by atoms with Crippen molar-refractivity contribution in [2.24, 2.45) is 5.92 Å². The Hall–Kier alpha value is -1.29. The zero-order chi connectivity index (χ0) is 14.9. The minimum absolute atomic E-state index is 0.219. The highest BCUT2D eigenvalue weighted by atomic mass is 35.5. The van der Waals surface area contributed by atoms with Crippen molar-refractivity contribution in [2.45, 2.75) is 39.1 Å². The topological polar surface area (TPSA) is 27.1 Å². The number of aromatic nitrogens is 2. The normalized spacial score (nSPS) is 13.2. The average molecular weight is 299 g/mol. The number of imidazole rings is 1. The van der Waals surface area contributed by atoms with E-state index in [0.29, 0.717) is 11.4 Å². The van der Waals surface area contributed by atoms with Gasteiger partial charge in [0.15, 0.2) is 11.6 Å². The molecule has 0 fully saturated rings. The maximum atomic E-state index is 13.8. The summed E-state index contributed by atoms with van der Waals surface area (Å²) in [6.45, 7) is 7.03. The predicted molar refractivity (Wildman–Crippen MR) is 80.0 cm³/mol. The Morgan fingerprint density at radius 2 is 2.05 bits per heavy atom. The molecule has 1 aromatic heterocycles. The molecule has 110 valence electrons. The third kappa shape index (κ3) is 2.90. The molecule has 0 amide bonds. The van der Waals surface area contributed by atoms with Crippen LogP contribution in [0.1, 0.15) is 38.4 Å². The van der Waals surface area contributed by atoms with Gasteiger partial charge in [-0.15, -0.1) is 11.6 Å². The Labute approximate surface area is 123 Å². The molecule has 3 nitrogen and oxygen atoms in total. The highest BCUT2D eigenvalue weighted by Gasteiger charge is 2.17. The van der Waals surface area contributed by atoms with E-state index in [9.17, 15) is 4.39 Å². The minimum atomic E-state index is -0.401. The van der Waals surface area contributed by atoms with E-state index in [4.69, 9.17) is 16.3 Å². The molecule has 0 N–H and O–H groups in total. The maximum Gasteiger partial charge on any atom is 0.167 e. The van der Waals surface area contributed by atoms with Gasteiger partial charge in [-0.05, 0) is 19.3 Å². The number of aryl methyl sites for hydroxylation is 1. The van der Waals surface area contributed by atoms with Gasteiger partial charge in [-0.3, -0.25) is 0 Å². The van der Waals surface area contributed by atoms with E-state index in [1.165, 1.54) is 13.2 Å². The Morgan fingerprint density at radius 1 is 1.35 bits per heavy atom. The zero-order valence-electron chi connectivity index (χ0n) is 12.3. The minimum Gasteiger partial charge on any atom is -0.494 e. The number of fused-ring (bicyclic) bond motifs is 1. The van der Waals surface area contributed by atoms with Crippen molar-refractivity contribution in [3.05, 3.63) is 23.8 Å². The summed E-state index contributed by atoms with van der Waals surface area (Å²) in [6, 6.07) is 3.10. The van der Waals surface area contributed by atoms with Crippen LogP contribution in [0.4, 0.5) is 4.39 Å². The quantitative estimate of drug-likeness (QED) is 0.758. The SMILES string of the molecule is COc1cc2c(cc1F)nc(C(C)Cl)n2CCC(C)C. The van der Waals surface area contributed by atoms with Gasteiger partial charge in [0, 0.05) is 18.7 Å². The van der Waals surface area contributed by atoms with Gasteiger partial charge >= 0.3 is 0 Å². The summed E-state index contributed by atoms with van der Waals surface area (Å²) in [5.41, 5.74) is 1.49. The summed E-state index contributed by atoms with van der Waals surface area (Å²) in [5, 5.41) is -0.219. The monoisotopic (exact) mass is 298 g/mol. The molecular formula is C15H20ClFN2O. The second kappa shape index (κ2) is 6.00. The fraction of sp³-hybridized carbons (Fsp3) is 0.533. The second-order valence-corrected chi connectivity index (χ2v) is 6.05. The first-order valence-corrected chi connectivity index (χ1v) is 7.25. The highest BCUT2D eigenvalue weighted by molar-refractivity contribution is 6.20. The third-order valence-corrected chi connectivity index (χ3v) is 3.53. The number of nitrogens with zero attached hydrogens (tertiary/aromatic N) is 2. The molecule has 1 atom stereocenters. The molecule has 0 saturated carbocycles. The average Bonchev–Trinajstić information content (AvgIpc) is 2.72. The maximum absolute atomic E-state index is 13.8. The number of methoxy groups -OCH3 is 1. The van der Waals surface area contributed by atoms with Crippen LogP contribution in [-0.2, 0) is 6.54 Å². The Bertz CT molecular complexity index is 607. The van der Waals surface area contributed by atoms with Gasteiger partial charge in [0.25, 0.3) is 0 Å². The highest BCUT2D eigenvalue weighted by Crippen LogP contribution is 2.29. The molecule has 0 aliphatic heterocycles. The molecule has 1 unspecified atom stereocenters. The first-order valence-electron chi connectivity index (χ1n) is 6.81. The first kappa shape index (κ1) is 15.1. The van der Waals surface area contributed by atoms with Gasteiger partial charge in [0.05, 0.1) is 23.5 Å². The lowest BCUT2D eigenvalue weighted by Gasteiger charge is -2.12. The smallest absolute Gasteiger partial charge is 0.167 e. The summed E-state index contributed by atoms with van der Waals surface area (Å²) in [5.74, 6) is 1.18. The van der Waals surface area contributed by atoms with Crippen molar-refractivity contribution < 1.29 is 9.13 Å². The Kier molecular flexibility index (Phi) is 4.53. The molecule has 0 aliphatic rings. The van der Waals surface area contributed by atoms with Crippen LogP contribution in [-0.4, -0.2) is 16.7 Å². The fourth-order valence-corrected chi connectivity index (χ4v) is 2.39. The number of ether oxygens (including phenoxy) is 1. The molecule has 0 aliphatic carbocycles. The summed E-state index contributed by atoms with van der Waals surface area (Å²) in [7, 11) is 1.46. The molecule has 5 heteroatoms. The fourth-order valence-electron chi connectivity index (χ4n) is 2.23. The van der Waals surface area contributed by atoms with Gasteiger partial charge in [0.1, 0.15) is 5.82 Å². The molecule has 2 rings (SSSR count). The summed E-state index contributed by atoms with van der Waals surface area (Å²) >= 11 is 6.20. The molecule has 2 aromatic rings. The summed E-state index contributed by atoms with van der Waals surface area (Å²) < 4.78 is 20.9. The second-order valence-electron chi connectivity index (χ2n) is 5.40. The third-order valence-electron chi connectivity index (χ3n) is 3.34. The molecule has 20 heavy (non-hydrogen) atoms. The molecule has 0 radical (unpaired) electrons. The largest absolute Gasteiger partial charge is 0.494 e. The first-order chi connectivity index (χ1) is 9.43. The Morgan fingerprint density at radius 3 is 2.60 bits per heavy atom. The van der Waals surface area contributed by atoms with E-state index < -0.39 is 5.82 Å². The van der Waals surface area contributed by atoms with Gasteiger partial charge in [-0.2, -0.15) is 0 Å². The molecule has 1 heterocycles. The lowest BCUT2D eigenvalue weighted by molar-refractivity contribution is 0.387. The van der Waals surface area contributed by atoms with Gasteiger partial charge in [-0.25, -0.2) is 9.37 Å².